The maximum absolute atomic E-state index is 2.30. The molecule has 0 N–H and O–H groups in total. The maximum atomic E-state index is 2.30. The van der Waals surface area contributed by atoms with Gasteiger partial charge in [-0.1, -0.05) is 50.1 Å². The second kappa shape index (κ2) is 2.46. The van der Waals surface area contributed by atoms with E-state index < -0.39 is 0 Å². The molecule has 0 aromatic carbocycles. The Bertz CT molecular complexity index is 129. The molecule has 1 aliphatic heterocycles. The van der Waals surface area contributed by atoms with E-state index in [1.54, 1.807) is 11.3 Å². The molecule has 0 bridgehead atoms. The molecule has 0 amide bonds. The summed E-state index contributed by atoms with van der Waals surface area (Å²) in [5.41, 5.74) is 4.13. The molecule has 0 aromatic heterocycles. The molecular weight excluding hydrogens is 151 g/mol. The van der Waals surface area contributed by atoms with Gasteiger partial charge in [-0.25, -0.2) is 0 Å². The third kappa shape index (κ3) is 2.18. The lowest BCUT2D eigenvalue weighted by atomic mass is 9.81. The predicted molar refractivity (Wildman–Crippen MR) is 52.3 cm³/mol. The second-order valence-corrected chi connectivity index (χ2v) is 6.43. The van der Waals surface area contributed by atoms with Crippen LogP contribution in [0.2, 0.25) is 0 Å². The summed E-state index contributed by atoms with van der Waals surface area (Å²) in [5, 5.41) is 0. The summed E-state index contributed by atoms with van der Waals surface area (Å²) in [4.78, 5) is 0. The van der Waals surface area contributed by atoms with Gasteiger partial charge in [-0.05, 0) is 10.8 Å². The topological polar surface area (TPSA) is 0 Å². The summed E-state index contributed by atoms with van der Waals surface area (Å²) < 4.78 is 0. The normalized spacial score (nSPS) is 22.4. The molecule has 0 aromatic rings. The molecule has 63 valence electrons. The Morgan fingerprint density at radius 1 is 0.727 bits per heavy atom. The van der Waals surface area contributed by atoms with Crippen LogP contribution in [0.3, 0.4) is 0 Å². The van der Waals surface area contributed by atoms with Crippen LogP contribution in [0, 0.1) is 22.1 Å². The van der Waals surface area contributed by atoms with E-state index in [0.717, 1.165) is 0 Å². The summed E-state index contributed by atoms with van der Waals surface area (Å²) in [6, 6.07) is 0. The smallest absolute Gasteiger partial charge is 0.0225 e. The van der Waals surface area contributed by atoms with Crippen LogP contribution >= 0.6 is 8.58 Å². The van der Waals surface area contributed by atoms with Crippen LogP contribution < -0.4 is 0 Å². The molecule has 1 fully saturated rings. The maximum Gasteiger partial charge on any atom is 0.0225 e. The van der Waals surface area contributed by atoms with E-state index in [1.165, 1.54) is 8.58 Å². The summed E-state index contributed by atoms with van der Waals surface area (Å²) in [5.74, 6) is 0. The molecule has 3 radical (unpaired) electrons. The first-order valence-corrected chi connectivity index (χ1v) is 5.09. The van der Waals surface area contributed by atoms with Crippen molar-refractivity contribution in [1.82, 2.24) is 0 Å². The van der Waals surface area contributed by atoms with Crippen molar-refractivity contribution in [1.29, 1.82) is 0 Å². The van der Waals surface area contributed by atoms with Crippen molar-refractivity contribution < 1.29 is 0 Å². The van der Waals surface area contributed by atoms with Crippen molar-refractivity contribution in [2.45, 2.75) is 41.5 Å². The first-order valence-electron chi connectivity index (χ1n) is 4.20. The first kappa shape index (κ1) is 9.52. The van der Waals surface area contributed by atoms with Crippen LogP contribution in [0.5, 0.6) is 0 Å². The minimum Gasteiger partial charge on any atom is -0.0620 e. The molecule has 1 heterocycles. The third-order valence-electron chi connectivity index (χ3n) is 1.82. The van der Waals surface area contributed by atoms with Gasteiger partial charge in [-0.3, -0.25) is 0 Å². The van der Waals surface area contributed by atoms with E-state index >= 15 is 0 Å². The minimum atomic E-state index is 0.407. The van der Waals surface area contributed by atoms with Crippen LogP contribution in [-0.2, 0) is 0 Å². The highest BCUT2D eigenvalue weighted by atomic mass is 31.1. The Morgan fingerprint density at radius 3 is 1.09 bits per heavy atom. The Hall–Kier alpha value is 0.430. The van der Waals surface area contributed by atoms with Gasteiger partial charge in [0.1, 0.15) is 0 Å². The highest BCUT2D eigenvalue weighted by Gasteiger charge is 2.52. The highest BCUT2D eigenvalue weighted by Crippen LogP contribution is 2.76. The number of rotatable bonds is 0. The summed E-state index contributed by atoms with van der Waals surface area (Å²) in [7, 11) is 1.52. The molecule has 0 spiro atoms. The van der Waals surface area contributed by atoms with E-state index in [1.807, 2.05) is 0 Å². The van der Waals surface area contributed by atoms with Gasteiger partial charge in [0.25, 0.3) is 0 Å². The van der Waals surface area contributed by atoms with Gasteiger partial charge in [0.2, 0.25) is 0 Å². The standard InChI is InChI=1S/C10H18P/c1-9(2,3)7-8(11-7)10(4,5)6/h1-6H3. The molecule has 0 nitrogen and oxygen atoms in total. The lowest BCUT2D eigenvalue weighted by molar-refractivity contribution is 0.433. The Kier molecular flexibility index (Phi) is 2.13. The lowest BCUT2D eigenvalue weighted by Gasteiger charge is -2.22. The van der Waals surface area contributed by atoms with Crippen LogP contribution in [0.15, 0.2) is 0 Å². The SMILES string of the molecule is CC(C)(C)[C]1[P][C]1C(C)(C)C. The van der Waals surface area contributed by atoms with Crippen molar-refractivity contribution in [2.75, 3.05) is 0 Å². The van der Waals surface area contributed by atoms with Crippen molar-refractivity contribution >= 4 is 8.58 Å². The average molecular weight is 169 g/mol. The Balaban J connectivity index is 2.51. The quantitative estimate of drug-likeness (QED) is 0.479. The molecule has 0 saturated carbocycles. The van der Waals surface area contributed by atoms with Crippen molar-refractivity contribution in [3.63, 3.8) is 0 Å². The van der Waals surface area contributed by atoms with Crippen molar-refractivity contribution in [3.05, 3.63) is 11.3 Å². The largest absolute Gasteiger partial charge is 0.0620 e. The van der Waals surface area contributed by atoms with Crippen molar-refractivity contribution in [3.8, 4) is 0 Å². The van der Waals surface area contributed by atoms with Crippen molar-refractivity contribution in [2.24, 2.45) is 10.8 Å². The van der Waals surface area contributed by atoms with Gasteiger partial charge in [0, 0.05) is 11.3 Å². The fourth-order valence-corrected chi connectivity index (χ4v) is 2.64. The van der Waals surface area contributed by atoms with Crippen LogP contribution in [-0.4, -0.2) is 0 Å². The van der Waals surface area contributed by atoms with E-state index in [-0.39, 0.29) is 0 Å². The van der Waals surface area contributed by atoms with Crippen LogP contribution in [0.1, 0.15) is 41.5 Å². The van der Waals surface area contributed by atoms with Gasteiger partial charge >= 0.3 is 0 Å². The lowest BCUT2D eigenvalue weighted by Crippen LogP contribution is -2.14. The van der Waals surface area contributed by atoms with Crippen LogP contribution in [0.4, 0.5) is 0 Å². The predicted octanol–water partition coefficient (Wildman–Crippen LogP) is 4.10. The third-order valence-corrected chi connectivity index (χ3v) is 3.83. The molecule has 1 heteroatoms. The first-order chi connectivity index (χ1) is 4.73. The van der Waals surface area contributed by atoms with Gasteiger partial charge in [-0.2, -0.15) is 0 Å². The monoisotopic (exact) mass is 169 g/mol. The molecule has 0 aliphatic carbocycles. The summed E-state index contributed by atoms with van der Waals surface area (Å²) in [6.07, 6.45) is 0. The van der Waals surface area contributed by atoms with Gasteiger partial charge in [-0.15, -0.1) is 0 Å². The van der Waals surface area contributed by atoms with Gasteiger partial charge in [0.15, 0.2) is 0 Å². The summed E-state index contributed by atoms with van der Waals surface area (Å²) in [6.45, 7) is 13.8. The molecule has 11 heavy (non-hydrogen) atoms. The molecule has 1 rings (SSSR count). The van der Waals surface area contributed by atoms with E-state index in [9.17, 15) is 0 Å². The zero-order valence-electron chi connectivity index (χ0n) is 8.45. The molecule has 1 saturated heterocycles. The Morgan fingerprint density at radius 2 is 1.00 bits per heavy atom. The van der Waals surface area contributed by atoms with Gasteiger partial charge in [0.05, 0.1) is 0 Å². The van der Waals surface area contributed by atoms with E-state index in [0.29, 0.717) is 10.8 Å². The molecule has 1 aliphatic rings. The van der Waals surface area contributed by atoms with E-state index in [2.05, 4.69) is 41.5 Å². The van der Waals surface area contributed by atoms with Crippen LogP contribution in [0.25, 0.3) is 0 Å². The minimum absolute atomic E-state index is 0.407. The molecule has 0 unspecified atom stereocenters. The highest BCUT2D eigenvalue weighted by molar-refractivity contribution is 7.57. The van der Waals surface area contributed by atoms with E-state index in [4.69, 9.17) is 0 Å². The zero-order valence-corrected chi connectivity index (χ0v) is 9.34. The fraction of sp³-hybridized carbons (Fsp3) is 0.800. The molecular formula is C10H18P. The number of hydrogen-bond acceptors (Lipinski definition) is 0. The molecule has 0 atom stereocenters. The zero-order chi connectivity index (χ0) is 8.86. The fourth-order valence-electron chi connectivity index (χ4n) is 1.13. The average Bonchev–Trinajstić information content (AvgIpc) is 2.30. The summed E-state index contributed by atoms with van der Waals surface area (Å²) >= 11 is 0. The van der Waals surface area contributed by atoms with Gasteiger partial charge < -0.3 is 0 Å². The number of hydrogen-bond donors (Lipinski definition) is 0. The Labute approximate surface area is 72.9 Å². The second-order valence-electron chi connectivity index (χ2n) is 5.31.